The monoisotopic (exact) mass is 275 g/mol. The molecule has 0 bridgehead atoms. The van der Waals surface area contributed by atoms with Crippen molar-refractivity contribution in [1.29, 1.82) is 0 Å². The number of hydrogen-bond donors (Lipinski definition) is 0. The smallest absolute Gasteiger partial charge is 0.124 e. The molecule has 2 rings (SSSR count). The van der Waals surface area contributed by atoms with Crippen molar-refractivity contribution in [2.45, 2.75) is 46.5 Å². The van der Waals surface area contributed by atoms with Crippen LogP contribution < -0.4 is 9.64 Å². The number of methoxy groups -OCH3 is 1. The Balaban J connectivity index is 1.95. The number of anilines is 1. The Bertz CT molecular complexity index is 433. The molecule has 1 aromatic rings. The van der Waals surface area contributed by atoms with Crippen LogP contribution >= 0.6 is 0 Å². The van der Waals surface area contributed by atoms with Gasteiger partial charge < -0.3 is 9.64 Å². The quantitative estimate of drug-likeness (QED) is 0.746. The van der Waals surface area contributed by atoms with Crippen LogP contribution in [0.4, 0.5) is 5.69 Å². The van der Waals surface area contributed by atoms with Crippen LogP contribution in [-0.2, 0) is 0 Å². The van der Waals surface area contributed by atoms with Crippen molar-refractivity contribution >= 4 is 5.69 Å². The first-order valence-electron chi connectivity index (χ1n) is 7.94. The molecule has 1 aliphatic heterocycles. The minimum Gasteiger partial charge on any atom is -0.496 e. The number of hydrogen-bond acceptors (Lipinski definition) is 2. The summed E-state index contributed by atoms with van der Waals surface area (Å²) >= 11 is 0. The van der Waals surface area contributed by atoms with Gasteiger partial charge in [-0.15, -0.1) is 0 Å². The van der Waals surface area contributed by atoms with Gasteiger partial charge in [-0.3, -0.25) is 0 Å². The summed E-state index contributed by atoms with van der Waals surface area (Å²) in [5.41, 5.74) is 2.61. The standard InChI is InChI=1S/C18H29NO/c1-13(2)6-7-15-11-19(12-15)16-8-9-17(14(3)4)18(10-16)20-5/h8-10,13-15H,6-7,11-12H2,1-5H3. The fourth-order valence-corrected chi connectivity index (χ4v) is 2.91. The average Bonchev–Trinajstić information content (AvgIpc) is 2.35. The van der Waals surface area contributed by atoms with Crippen LogP contribution in [0.1, 0.15) is 52.0 Å². The molecule has 1 aliphatic rings. The fourth-order valence-electron chi connectivity index (χ4n) is 2.91. The first-order chi connectivity index (χ1) is 9.51. The lowest BCUT2D eigenvalue weighted by molar-refractivity contribution is 0.351. The van der Waals surface area contributed by atoms with Crippen LogP contribution in [0.2, 0.25) is 0 Å². The summed E-state index contributed by atoms with van der Waals surface area (Å²) in [7, 11) is 1.77. The molecule has 0 spiro atoms. The summed E-state index contributed by atoms with van der Waals surface area (Å²) in [4.78, 5) is 2.47. The van der Waals surface area contributed by atoms with Gasteiger partial charge in [0, 0.05) is 24.8 Å². The van der Waals surface area contributed by atoms with Gasteiger partial charge in [-0.1, -0.05) is 40.2 Å². The highest BCUT2D eigenvalue weighted by Gasteiger charge is 2.27. The Kier molecular flexibility index (Phi) is 4.95. The van der Waals surface area contributed by atoms with E-state index in [1.807, 2.05) is 0 Å². The summed E-state index contributed by atoms with van der Waals surface area (Å²) in [6.07, 6.45) is 2.73. The molecule has 1 heterocycles. The molecule has 0 amide bonds. The van der Waals surface area contributed by atoms with Gasteiger partial charge in [0.1, 0.15) is 5.75 Å². The summed E-state index contributed by atoms with van der Waals surface area (Å²) in [5.74, 6) is 3.25. The molecule has 20 heavy (non-hydrogen) atoms. The van der Waals surface area contributed by atoms with E-state index in [0.29, 0.717) is 5.92 Å². The molecule has 112 valence electrons. The second kappa shape index (κ2) is 6.51. The zero-order valence-electron chi connectivity index (χ0n) is 13.6. The molecule has 0 N–H and O–H groups in total. The van der Waals surface area contributed by atoms with E-state index in [-0.39, 0.29) is 0 Å². The number of benzene rings is 1. The normalized spacial score (nSPS) is 15.8. The summed E-state index contributed by atoms with van der Waals surface area (Å²) in [6.45, 7) is 11.5. The minimum atomic E-state index is 0.509. The number of ether oxygens (including phenoxy) is 1. The number of nitrogens with zero attached hydrogens (tertiary/aromatic N) is 1. The SMILES string of the molecule is COc1cc(N2CC(CCC(C)C)C2)ccc1C(C)C. The summed E-state index contributed by atoms with van der Waals surface area (Å²) in [5, 5.41) is 0. The van der Waals surface area contributed by atoms with E-state index in [1.165, 1.54) is 37.2 Å². The van der Waals surface area contributed by atoms with Gasteiger partial charge in [0.2, 0.25) is 0 Å². The zero-order chi connectivity index (χ0) is 14.7. The minimum absolute atomic E-state index is 0.509. The van der Waals surface area contributed by atoms with Crippen LogP contribution in [0.15, 0.2) is 18.2 Å². The van der Waals surface area contributed by atoms with E-state index >= 15 is 0 Å². The highest BCUT2D eigenvalue weighted by atomic mass is 16.5. The van der Waals surface area contributed by atoms with Crippen LogP contribution in [-0.4, -0.2) is 20.2 Å². The van der Waals surface area contributed by atoms with Crippen molar-refractivity contribution in [3.05, 3.63) is 23.8 Å². The summed E-state index contributed by atoms with van der Waals surface area (Å²) < 4.78 is 5.55. The predicted molar refractivity (Wildman–Crippen MR) is 86.9 cm³/mol. The summed E-state index contributed by atoms with van der Waals surface area (Å²) in [6, 6.07) is 6.67. The van der Waals surface area contributed by atoms with Crippen molar-refractivity contribution in [3.63, 3.8) is 0 Å². The predicted octanol–water partition coefficient (Wildman–Crippen LogP) is 4.69. The third kappa shape index (κ3) is 3.47. The molecule has 1 fully saturated rings. The van der Waals surface area contributed by atoms with Gasteiger partial charge >= 0.3 is 0 Å². The van der Waals surface area contributed by atoms with Gasteiger partial charge in [0.15, 0.2) is 0 Å². The van der Waals surface area contributed by atoms with Crippen LogP contribution in [0.5, 0.6) is 5.75 Å². The highest BCUT2D eigenvalue weighted by molar-refractivity contribution is 5.56. The van der Waals surface area contributed by atoms with E-state index in [2.05, 4.69) is 50.8 Å². The molecule has 0 aliphatic carbocycles. The van der Waals surface area contributed by atoms with E-state index in [9.17, 15) is 0 Å². The fraction of sp³-hybridized carbons (Fsp3) is 0.667. The van der Waals surface area contributed by atoms with E-state index < -0.39 is 0 Å². The van der Waals surface area contributed by atoms with Crippen LogP contribution in [0, 0.1) is 11.8 Å². The molecule has 0 atom stereocenters. The first kappa shape index (κ1) is 15.2. The molecule has 2 nitrogen and oxygen atoms in total. The maximum atomic E-state index is 5.55. The van der Waals surface area contributed by atoms with Crippen molar-refractivity contribution < 1.29 is 4.74 Å². The molecule has 0 aromatic heterocycles. The van der Waals surface area contributed by atoms with Gasteiger partial charge in [-0.2, -0.15) is 0 Å². The molecule has 0 radical (unpaired) electrons. The van der Waals surface area contributed by atoms with Crippen molar-refractivity contribution in [3.8, 4) is 5.75 Å². The van der Waals surface area contributed by atoms with Gasteiger partial charge in [-0.25, -0.2) is 0 Å². The van der Waals surface area contributed by atoms with E-state index in [0.717, 1.165) is 17.6 Å². The highest BCUT2D eigenvalue weighted by Crippen LogP contribution is 2.34. The van der Waals surface area contributed by atoms with Crippen LogP contribution in [0.25, 0.3) is 0 Å². The maximum Gasteiger partial charge on any atom is 0.124 e. The van der Waals surface area contributed by atoms with E-state index in [4.69, 9.17) is 4.74 Å². The second-order valence-electron chi connectivity index (χ2n) is 6.82. The van der Waals surface area contributed by atoms with Crippen molar-refractivity contribution in [2.24, 2.45) is 11.8 Å². The zero-order valence-corrected chi connectivity index (χ0v) is 13.6. The molecule has 0 unspecified atom stereocenters. The third-order valence-electron chi connectivity index (χ3n) is 4.31. The molecule has 1 aromatic carbocycles. The third-order valence-corrected chi connectivity index (χ3v) is 4.31. The molecule has 0 saturated carbocycles. The lowest BCUT2D eigenvalue weighted by atomic mass is 9.90. The Morgan fingerprint density at radius 2 is 1.90 bits per heavy atom. The number of rotatable bonds is 6. The first-order valence-corrected chi connectivity index (χ1v) is 7.94. The average molecular weight is 275 g/mol. The molecule has 2 heteroatoms. The lowest BCUT2D eigenvalue weighted by Gasteiger charge is -2.41. The van der Waals surface area contributed by atoms with Crippen LogP contribution in [0.3, 0.4) is 0 Å². The van der Waals surface area contributed by atoms with E-state index in [1.54, 1.807) is 7.11 Å². The van der Waals surface area contributed by atoms with Crippen molar-refractivity contribution in [1.82, 2.24) is 0 Å². The maximum absolute atomic E-state index is 5.55. The second-order valence-corrected chi connectivity index (χ2v) is 6.82. The molecular formula is C18H29NO. The molecule has 1 saturated heterocycles. The van der Waals surface area contributed by atoms with Gasteiger partial charge in [0.25, 0.3) is 0 Å². The van der Waals surface area contributed by atoms with Gasteiger partial charge in [0.05, 0.1) is 7.11 Å². The Labute approximate surface area is 124 Å². The Morgan fingerprint density at radius 1 is 1.20 bits per heavy atom. The molecular weight excluding hydrogens is 246 g/mol. The topological polar surface area (TPSA) is 12.5 Å². The largest absolute Gasteiger partial charge is 0.496 e. The Morgan fingerprint density at radius 3 is 2.45 bits per heavy atom. The Hall–Kier alpha value is -1.18. The lowest BCUT2D eigenvalue weighted by Crippen LogP contribution is -2.46. The van der Waals surface area contributed by atoms with Gasteiger partial charge in [-0.05, 0) is 35.8 Å². The van der Waals surface area contributed by atoms with Crippen molar-refractivity contribution in [2.75, 3.05) is 25.1 Å².